The van der Waals surface area contributed by atoms with Crippen molar-refractivity contribution in [3.05, 3.63) is 0 Å². The summed E-state index contributed by atoms with van der Waals surface area (Å²) < 4.78 is 10.7. The maximum Gasteiger partial charge on any atom is 0.322 e. The van der Waals surface area contributed by atoms with E-state index in [9.17, 15) is 4.79 Å². The predicted molar refractivity (Wildman–Crippen MR) is 76.1 cm³/mol. The fraction of sp³-hybridized carbons (Fsp3) is 0.933. The van der Waals surface area contributed by atoms with Crippen LogP contribution in [-0.4, -0.2) is 38.4 Å². The molecule has 1 saturated carbocycles. The Hall–Kier alpha value is -0.610. The molecule has 0 spiro atoms. The molecule has 0 saturated heterocycles. The first-order valence-corrected chi connectivity index (χ1v) is 7.64. The third-order valence-corrected chi connectivity index (χ3v) is 4.01. The van der Waals surface area contributed by atoms with Crippen LogP contribution in [0.15, 0.2) is 0 Å². The van der Waals surface area contributed by atoms with Crippen LogP contribution >= 0.6 is 0 Å². The van der Waals surface area contributed by atoms with Crippen molar-refractivity contribution in [3.63, 3.8) is 0 Å². The summed E-state index contributed by atoms with van der Waals surface area (Å²) in [4.78, 5) is 11.5. The topological polar surface area (TPSA) is 47.6 Å². The first-order chi connectivity index (χ1) is 9.21. The van der Waals surface area contributed by atoms with E-state index in [4.69, 9.17) is 9.47 Å². The largest absolute Gasteiger partial charge is 0.468 e. The molecule has 0 heterocycles. The smallest absolute Gasteiger partial charge is 0.322 e. The number of hydrogen-bond acceptors (Lipinski definition) is 4. The van der Waals surface area contributed by atoms with Crippen LogP contribution in [-0.2, 0) is 14.3 Å². The van der Waals surface area contributed by atoms with Crippen molar-refractivity contribution in [2.45, 2.75) is 64.5 Å². The van der Waals surface area contributed by atoms with Gasteiger partial charge < -0.3 is 14.8 Å². The molecule has 0 radical (unpaired) electrons. The monoisotopic (exact) mass is 271 g/mol. The predicted octanol–water partition coefficient (Wildman–Crippen LogP) is 2.51. The van der Waals surface area contributed by atoms with Gasteiger partial charge in [-0.2, -0.15) is 0 Å². The van der Waals surface area contributed by atoms with Crippen molar-refractivity contribution in [1.29, 1.82) is 0 Å². The van der Waals surface area contributed by atoms with Crippen LogP contribution in [0.2, 0.25) is 0 Å². The first kappa shape index (κ1) is 16.4. The number of rotatable bonds is 8. The Bertz CT molecular complexity index is 258. The Morgan fingerprint density at radius 2 is 2.16 bits per heavy atom. The van der Waals surface area contributed by atoms with E-state index < -0.39 is 0 Å². The fourth-order valence-corrected chi connectivity index (χ4v) is 2.81. The van der Waals surface area contributed by atoms with Crippen molar-refractivity contribution in [1.82, 2.24) is 5.32 Å². The Kier molecular flexibility index (Phi) is 8.07. The molecule has 1 rings (SSSR count). The maximum atomic E-state index is 11.5. The van der Waals surface area contributed by atoms with E-state index in [1.807, 2.05) is 6.92 Å². The maximum absolute atomic E-state index is 11.5. The molecule has 0 aliphatic heterocycles. The highest BCUT2D eigenvalue weighted by molar-refractivity contribution is 5.75. The Balaban J connectivity index is 2.25. The molecule has 112 valence electrons. The second kappa shape index (κ2) is 9.32. The summed E-state index contributed by atoms with van der Waals surface area (Å²) in [5, 5.41) is 3.14. The van der Waals surface area contributed by atoms with Gasteiger partial charge >= 0.3 is 5.97 Å². The lowest BCUT2D eigenvalue weighted by Crippen LogP contribution is -2.38. The van der Waals surface area contributed by atoms with Gasteiger partial charge in [-0.25, -0.2) is 0 Å². The number of ether oxygens (including phenoxy) is 2. The van der Waals surface area contributed by atoms with Gasteiger partial charge in [-0.05, 0) is 31.7 Å². The van der Waals surface area contributed by atoms with E-state index in [1.165, 1.54) is 39.2 Å². The zero-order valence-corrected chi connectivity index (χ0v) is 12.6. The molecule has 1 fully saturated rings. The van der Waals surface area contributed by atoms with Gasteiger partial charge in [0.1, 0.15) is 6.04 Å². The molecular weight excluding hydrogens is 242 g/mol. The minimum atomic E-state index is -0.236. The highest BCUT2D eigenvalue weighted by atomic mass is 16.5. The molecule has 0 amide bonds. The summed E-state index contributed by atoms with van der Waals surface area (Å²) in [6.45, 7) is 5.64. The van der Waals surface area contributed by atoms with Crippen LogP contribution in [0, 0.1) is 5.92 Å². The standard InChI is InChI=1S/C15H29NO3/c1-4-12-7-6-8-13(11-12)19-10-9-14(16-5-2)15(17)18-3/h12-14,16H,4-11H2,1-3H3. The average molecular weight is 271 g/mol. The minimum Gasteiger partial charge on any atom is -0.468 e. The van der Waals surface area contributed by atoms with Gasteiger partial charge in [0, 0.05) is 6.61 Å². The number of esters is 1. The third-order valence-electron chi connectivity index (χ3n) is 4.01. The molecule has 0 aromatic rings. The van der Waals surface area contributed by atoms with E-state index in [2.05, 4.69) is 12.2 Å². The quantitative estimate of drug-likeness (QED) is 0.689. The van der Waals surface area contributed by atoms with Crippen molar-refractivity contribution in [2.75, 3.05) is 20.3 Å². The number of nitrogens with one attached hydrogen (secondary N) is 1. The molecule has 1 aliphatic carbocycles. The lowest BCUT2D eigenvalue weighted by atomic mass is 9.85. The summed E-state index contributed by atoms with van der Waals surface area (Å²) in [7, 11) is 1.43. The van der Waals surface area contributed by atoms with Gasteiger partial charge in [-0.15, -0.1) is 0 Å². The van der Waals surface area contributed by atoms with Gasteiger partial charge in [-0.1, -0.05) is 33.1 Å². The molecule has 1 N–H and O–H groups in total. The van der Waals surface area contributed by atoms with Crippen molar-refractivity contribution in [3.8, 4) is 0 Å². The summed E-state index contributed by atoms with van der Waals surface area (Å²) in [6.07, 6.45) is 7.30. The molecular formula is C15H29NO3. The highest BCUT2D eigenvalue weighted by Gasteiger charge is 2.22. The summed E-state index contributed by atoms with van der Waals surface area (Å²) in [5.41, 5.74) is 0. The Morgan fingerprint density at radius 1 is 1.37 bits per heavy atom. The molecule has 19 heavy (non-hydrogen) atoms. The lowest BCUT2D eigenvalue weighted by Gasteiger charge is -2.28. The number of carbonyl (C=O) groups is 1. The van der Waals surface area contributed by atoms with E-state index in [0.29, 0.717) is 19.1 Å². The SMILES string of the molecule is CCNC(CCOC1CCCC(CC)C1)C(=O)OC. The number of likely N-dealkylation sites (N-methyl/N-ethyl adjacent to an activating group) is 1. The van der Waals surface area contributed by atoms with Crippen molar-refractivity contribution < 1.29 is 14.3 Å². The van der Waals surface area contributed by atoms with Gasteiger partial charge in [-0.3, -0.25) is 4.79 Å². The Morgan fingerprint density at radius 3 is 2.79 bits per heavy atom. The molecule has 3 atom stereocenters. The average Bonchev–Trinajstić information content (AvgIpc) is 2.45. The normalized spacial score (nSPS) is 25.0. The first-order valence-electron chi connectivity index (χ1n) is 7.64. The van der Waals surface area contributed by atoms with Crippen molar-refractivity contribution >= 4 is 5.97 Å². The second-order valence-corrected chi connectivity index (χ2v) is 5.36. The van der Waals surface area contributed by atoms with E-state index in [-0.39, 0.29) is 12.0 Å². The molecule has 0 aromatic carbocycles. The molecule has 1 aliphatic rings. The zero-order chi connectivity index (χ0) is 14.1. The van der Waals surface area contributed by atoms with Crippen LogP contribution in [0.3, 0.4) is 0 Å². The minimum absolute atomic E-state index is 0.194. The van der Waals surface area contributed by atoms with E-state index in [1.54, 1.807) is 0 Å². The number of hydrogen-bond donors (Lipinski definition) is 1. The van der Waals surface area contributed by atoms with Gasteiger partial charge in [0.15, 0.2) is 0 Å². The molecule has 0 aromatic heterocycles. The summed E-state index contributed by atoms with van der Waals surface area (Å²) >= 11 is 0. The molecule has 3 unspecified atom stereocenters. The van der Waals surface area contributed by atoms with Crippen LogP contribution in [0.5, 0.6) is 0 Å². The summed E-state index contributed by atoms with van der Waals surface area (Å²) in [6, 6.07) is -0.236. The lowest BCUT2D eigenvalue weighted by molar-refractivity contribution is -0.143. The molecule has 4 nitrogen and oxygen atoms in total. The molecule has 4 heteroatoms. The van der Waals surface area contributed by atoms with Crippen molar-refractivity contribution in [2.24, 2.45) is 5.92 Å². The van der Waals surface area contributed by atoms with Crippen LogP contribution in [0.25, 0.3) is 0 Å². The third kappa shape index (κ3) is 5.91. The summed E-state index contributed by atoms with van der Waals surface area (Å²) in [5.74, 6) is 0.629. The van der Waals surface area contributed by atoms with Gasteiger partial charge in [0.25, 0.3) is 0 Å². The highest BCUT2D eigenvalue weighted by Crippen LogP contribution is 2.28. The van der Waals surface area contributed by atoms with Gasteiger partial charge in [0.05, 0.1) is 13.2 Å². The fourth-order valence-electron chi connectivity index (χ4n) is 2.81. The van der Waals surface area contributed by atoms with Crippen LogP contribution < -0.4 is 5.32 Å². The van der Waals surface area contributed by atoms with Crippen LogP contribution in [0.4, 0.5) is 0 Å². The van der Waals surface area contributed by atoms with Crippen LogP contribution in [0.1, 0.15) is 52.4 Å². The number of methoxy groups -OCH3 is 1. The van der Waals surface area contributed by atoms with Gasteiger partial charge in [0.2, 0.25) is 0 Å². The van der Waals surface area contributed by atoms with E-state index >= 15 is 0 Å². The molecule has 0 bridgehead atoms. The number of carbonyl (C=O) groups excluding carboxylic acids is 1. The Labute approximate surface area is 117 Å². The zero-order valence-electron chi connectivity index (χ0n) is 12.6. The second-order valence-electron chi connectivity index (χ2n) is 5.36. The van der Waals surface area contributed by atoms with E-state index in [0.717, 1.165) is 12.5 Å².